The summed E-state index contributed by atoms with van der Waals surface area (Å²) in [4.78, 5) is 7.64. The summed E-state index contributed by atoms with van der Waals surface area (Å²) < 4.78 is 5.85. The average molecular weight is 456 g/mol. The maximum atomic E-state index is 6.34. The molecule has 33 heavy (non-hydrogen) atoms. The molecule has 4 aromatic rings. The van der Waals surface area contributed by atoms with Crippen LogP contribution in [0, 0.1) is 5.92 Å². The molecular weight excluding hydrogens is 423 g/mol. The number of rotatable bonds is 6. The Morgan fingerprint density at radius 1 is 1.18 bits per heavy atom. The Kier molecular flexibility index (Phi) is 5.90. The van der Waals surface area contributed by atoms with Gasteiger partial charge in [-0.2, -0.15) is 0 Å². The summed E-state index contributed by atoms with van der Waals surface area (Å²) in [6.45, 7) is 14.4. The van der Waals surface area contributed by atoms with E-state index in [1.165, 1.54) is 34.2 Å². The van der Waals surface area contributed by atoms with Crippen molar-refractivity contribution >= 4 is 51.6 Å². The van der Waals surface area contributed by atoms with Crippen molar-refractivity contribution in [3.05, 3.63) is 41.3 Å². The van der Waals surface area contributed by atoms with E-state index in [1.54, 1.807) is 11.3 Å². The number of aromatic nitrogens is 3. The minimum atomic E-state index is 0.809. The van der Waals surface area contributed by atoms with E-state index in [0.29, 0.717) is 0 Å². The highest BCUT2D eigenvalue weighted by atomic mass is 32.1. The quantitative estimate of drug-likeness (QED) is 0.347. The Morgan fingerprint density at radius 2 is 1.94 bits per heavy atom. The van der Waals surface area contributed by atoms with Crippen LogP contribution in [-0.2, 0) is 20.0 Å². The van der Waals surface area contributed by atoms with Gasteiger partial charge < -0.3 is 14.0 Å². The van der Waals surface area contributed by atoms with E-state index in [4.69, 9.17) is 12.8 Å². The molecule has 1 aliphatic rings. The summed E-state index contributed by atoms with van der Waals surface area (Å²) in [5.74, 6) is 1.81. The van der Waals surface area contributed by atoms with Gasteiger partial charge in [0, 0.05) is 32.4 Å². The zero-order valence-corrected chi connectivity index (χ0v) is 21.1. The molecule has 0 amide bonds. The fourth-order valence-electron chi connectivity index (χ4n) is 5.31. The molecule has 0 aliphatic carbocycles. The molecule has 1 aromatic carbocycles. The SMILES string of the molecule is [B]c1csc2cc(-c3nc4cc(C(=C)N5CCC(C)CC5)cc(CC)c4n3C)n(CCC)c12. The van der Waals surface area contributed by atoms with Crippen molar-refractivity contribution in [2.45, 2.75) is 53.0 Å². The summed E-state index contributed by atoms with van der Waals surface area (Å²) in [5.41, 5.74) is 9.08. The van der Waals surface area contributed by atoms with E-state index < -0.39 is 0 Å². The van der Waals surface area contributed by atoms with Crippen LogP contribution >= 0.6 is 11.3 Å². The lowest BCUT2D eigenvalue weighted by atomic mass is 9.97. The summed E-state index contributed by atoms with van der Waals surface area (Å²) in [7, 11) is 8.48. The highest BCUT2D eigenvalue weighted by molar-refractivity contribution is 7.18. The molecule has 0 N–H and O–H groups in total. The lowest BCUT2D eigenvalue weighted by Crippen LogP contribution is -2.31. The lowest BCUT2D eigenvalue weighted by Gasteiger charge is -2.33. The zero-order chi connectivity index (χ0) is 23.3. The maximum Gasteiger partial charge on any atom is 0.157 e. The molecule has 6 heteroatoms. The number of fused-ring (bicyclic) bond motifs is 2. The topological polar surface area (TPSA) is 26.0 Å². The van der Waals surface area contributed by atoms with Gasteiger partial charge in [0.1, 0.15) is 7.85 Å². The molecule has 0 unspecified atom stereocenters. The largest absolute Gasteiger partial charge is 0.372 e. The Balaban J connectivity index is 1.63. The smallest absolute Gasteiger partial charge is 0.157 e. The second kappa shape index (κ2) is 8.71. The molecule has 170 valence electrons. The number of piperidine rings is 1. The molecule has 2 radical (unpaired) electrons. The number of hydrogen-bond donors (Lipinski definition) is 0. The van der Waals surface area contributed by atoms with Crippen LogP contribution in [-0.4, -0.2) is 40.0 Å². The molecule has 3 aromatic heterocycles. The Bertz CT molecular complexity index is 1330. The highest BCUT2D eigenvalue weighted by Crippen LogP contribution is 2.34. The first-order valence-corrected chi connectivity index (χ1v) is 13.1. The molecule has 0 saturated carbocycles. The summed E-state index contributed by atoms with van der Waals surface area (Å²) in [6, 6.07) is 6.82. The third-order valence-corrected chi connectivity index (χ3v) is 8.19. The van der Waals surface area contributed by atoms with Gasteiger partial charge in [-0.15, -0.1) is 11.3 Å². The molecule has 0 atom stereocenters. The normalized spacial score (nSPS) is 15.2. The minimum absolute atomic E-state index is 0.809. The van der Waals surface area contributed by atoms with Gasteiger partial charge >= 0.3 is 0 Å². The van der Waals surface area contributed by atoms with Gasteiger partial charge in [-0.1, -0.05) is 32.8 Å². The first kappa shape index (κ1) is 22.3. The third kappa shape index (κ3) is 3.72. The third-order valence-electron chi connectivity index (χ3n) is 7.25. The Hall–Kier alpha value is -2.47. The fourth-order valence-corrected chi connectivity index (χ4v) is 6.19. The second-order valence-electron chi connectivity index (χ2n) is 9.55. The summed E-state index contributed by atoms with van der Waals surface area (Å²) in [6.07, 6.45) is 4.49. The summed E-state index contributed by atoms with van der Waals surface area (Å²) >= 11 is 1.71. The van der Waals surface area contributed by atoms with Crippen LogP contribution in [0.25, 0.3) is 38.5 Å². The predicted octanol–water partition coefficient (Wildman–Crippen LogP) is 5.73. The highest BCUT2D eigenvalue weighted by Gasteiger charge is 2.22. The van der Waals surface area contributed by atoms with E-state index in [-0.39, 0.29) is 0 Å². The Labute approximate surface area is 202 Å². The van der Waals surface area contributed by atoms with Crippen LogP contribution in [0.4, 0.5) is 0 Å². The first-order valence-electron chi connectivity index (χ1n) is 12.2. The van der Waals surface area contributed by atoms with E-state index in [1.807, 2.05) is 5.38 Å². The summed E-state index contributed by atoms with van der Waals surface area (Å²) in [5, 5.41) is 2.05. The van der Waals surface area contributed by atoms with Crippen molar-refractivity contribution in [3.63, 3.8) is 0 Å². The molecule has 4 nitrogen and oxygen atoms in total. The van der Waals surface area contributed by atoms with Crippen molar-refractivity contribution in [3.8, 4) is 11.5 Å². The number of thiophene rings is 1. The van der Waals surface area contributed by atoms with E-state index in [2.05, 4.69) is 66.6 Å². The van der Waals surface area contributed by atoms with Crippen LogP contribution in [0.3, 0.4) is 0 Å². The molecule has 1 fully saturated rings. The second-order valence-corrected chi connectivity index (χ2v) is 10.5. The van der Waals surface area contributed by atoms with Gasteiger partial charge in [-0.25, -0.2) is 4.98 Å². The predicted molar refractivity (Wildman–Crippen MR) is 144 cm³/mol. The van der Waals surface area contributed by atoms with Crippen molar-refractivity contribution < 1.29 is 0 Å². The lowest BCUT2D eigenvalue weighted by molar-refractivity contribution is 0.268. The van der Waals surface area contributed by atoms with Crippen LogP contribution < -0.4 is 5.46 Å². The minimum Gasteiger partial charge on any atom is -0.372 e. The Morgan fingerprint density at radius 3 is 2.64 bits per heavy atom. The molecule has 0 bridgehead atoms. The average Bonchev–Trinajstić information content (AvgIpc) is 3.46. The van der Waals surface area contributed by atoms with E-state index in [9.17, 15) is 0 Å². The van der Waals surface area contributed by atoms with Gasteiger partial charge in [-0.3, -0.25) is 0 Å². The molecule has 4 heterocycles. The van der Waals surface area contributed by atoms with Crippen LogP contribution in [0.2, 0.25) is 0 Å². The molecular formula is C27H33BN4S. The van der Waals surface area contributed by atoms with Crippen molar-refractivity contribution in [1.82, 2.24) is 19.0 Å². The fraction of sp³-hybridized carbons (Fsp3) is 0.444. The van der Waals surface area contributed by atoms with Gasteiger partial charge in [0.05, 0.1) is 26.9 Å². The van der Waals surface area contributed by atoms with E-state index in [0.717, 1.165) is 72.1 Å². The monoisotopic (exact) mass is 456 g/mol. The standard InChI is InChI=1S/C27H33BN4S/c1-6-10-32-23(15-24-26(32)21(28)16-33-24)27-29-22-14-20(13-19(7-2)25(22)30(27)5)18(4)31-11-8-17(3)9-12-31/h13-17H,4,6-12H2,1-3,5H3. The van der Waals surface area contributed by atoms with Gasteiger partial charge in [0.15, 0.2) is 5.82 Å². The van der Waals surface area contributed by atoms with Gasteiger partial charge in [0.25, 0.3) is 0 Å². The number of imidazole rings is 1. The number of hydrogen-bond acceptors (Lipinski definition) is 3. The van der Waals surface area contributed by atoms with Crippen molar-refractivity contribution in [1.29, 1.82) is 0 Å². The number of benzene rings is 1. The molecule has 0 spiro atoms. The van der Waals surface area contributed by atoms with Crippen molar-refractivity contribution in [2.24, 2.45) is 13.0 Å². The molecule has 1 aliphatic heterocycles. The molecule has 5 rings (SSSR count). The van der Waals surface area contributed by atoms with Gasteiger partial charge in [-0.05, 0) is 66.3 Å². The van der Waals surface area contributed by atoms with Crippen LogP contribution in [0.1, 0.15) is 51.2 Å². The van der Waals surface area contributed by atoms with E-state index >= 15 is 0 Å². The van der Waals surface area contributed by atoms with Crippen LogP contribution in [0.5, 0.6) is 0 Å². The van der Waals surface area contributed by atoms with Crippen LogP contribution in [0.15, 0.2) is 30.2 Å². The number of likely N-dealkylation sites (tertiary alicyclic amines) is 1. The van der Waals surface area contributed by atoms with Crippen molar-refractivity contribution in [2.75, 3.05) is 13.1 Å². The van der Waals surface area contributed by atoms with Gasteiger partial charge in [0.2, 0.25) is 0 Å². The molecule has 1 saturated heterocycles. The maximum absolute atomic E-state index is 6.34. The number of aryl methyl sites for hydroxylation is 3. The number of nitrogens with zero attached hydrogens (tertiary/aromatic N) is 4. The zero-order valence-electron chi connectivity index (χ0n) is 20.3. The first-order chi connectivity index (χ1) is 15.9.